The number of nitrogens with zero attached hydrogens (tertiary/aromatic N) is 1. The minimum absolute atomic E-state index is 0.0660. The third kappa shape index (κ3) is 5.19. The summed E-state index contributed by atoms with van der Waals surface area (Å²) in [5.41, 5.74) is 3.23. The zero-order valence-corrected chi connectivity index (χ0v) is 19.6. The van der Waals surface area contributed by atoms with Crippen LogP contribution in [0.4, 0.5) is 0 Å². The van der Waals surface area contributed by atoms with Crippen molar-refractivity contribution in [3.63, 3.8) is 0 Å². The highest BCUT2D eigenvalue weighted by Gasteiger charge is 2.26. The van der Waals surface area contributed by atoms with Crippen LogP contribution in [0.3, 0.4) is 0 Å². The average molecular weight is 486 g/mol. The lowest BCUT2D eigenvalue weighted by atomic mass is 10.1. The van der Waals surface area contributed by atoms with Gasteiger partial charge >= 0.3 is 0 Å². The third-order valence-electron chi connectivity index (χ3n) is 5.54. The molecule has 33 heavy (non-hydrogen) atoms. The molecule has 1 amide bonds. The van der Waals surface area contributed by atoms with E-state index in [0.717, 1.165) is 16.7 Å². The molecule has 2 aromatic carbocycles. The van der Waals surface area contributed by atoms with Gasteiger partial charge < -0.3 is 10.4 Å². The van der Waals surface area contributed by atoms with Gasteiger partial charge in [0.05, 0.1) is 4.90 Å². The van der Waals surface area contributed by atoms with Crippen molar-refractivity contribution in [2.75, 3.05) is 6.54 Å². The second kappa shape index (κ2) is 9.51. The van der Waals surface area contributed by atoms with E-state index in [0.29, 0.717) is 36.4 Å². The van der Waals surface area contributed by atoms with Crippen LogP contribution in [0.5, 0.6) is 5.75 Å². The molecule has 0 aliphatic heterocycles. The summed E-state index contributed by atoms with van der Waals surface area (Å²) in [7, 11) is -3.55. The number of aromatic nitrogens is 1. The summed E-state index contributed by atoms with van der Waals surface area (Å²) >= 11 is 6.02. The summed E-state index contributed by atoms with van der Waals surface area (Å²) in [4.78, 5) is 17.1. The smallest absolute Gasteiger partial charge is 0.273 e. The minimum atomic E-state index is -3.55. The van der Waals surface area contributed by atoms with E-state index in [1.54, 1.807) is 36.4 Å². The Balaban J connectivity index is 1.45. The van der Waals surface area contributed by atoms with Crippen molar-refractivity contribution >= 4 is 27.5 Å². The second-order valence-corrected chi connectivity index (χ2v) is 10.2. The number of amides is 1. The van der Waals surface area contributed by atoms with E-state index in [1.807, 2.05) is 13.0 Å². The number of carbonyl (C=O) groups excluding carboxylic acids is 1. The van der Waals surface area contributed by atoms with E-state index in [2.05, 4.69) is 15.0 Å². The van der Waals surface area contributed by atoms with E-state index in [-0.39, 0.29) is 22.4 Å². The number of aromatic hydroxyl groups is 1. The van der Waals surface area contributed by atoms with Crippen molar-refractivity contribution < 1.29 is 18.3 Å². The highest BCUT2D eigenvalue weighted by molar-refractivity contribution is 7.89. The standard InChI is InChI=1S/C24H24ClN3O4S/c1-2-8-27-33(31,32)21-7-6-16-10-20(11-17(16)12-21)28-24(30)23-22(29)13-18(14-26-23)15-4-3-5-19(25)9-15/h3-7,9,12-14,20,27,29H,2,8,10-11H2,1H3,(H,28,30). The Kier molecular flexibility index (Phi) is 6.69. The van der Waals surface area contributed by atoms with E-state index < -0.39 is 15.9 Å². The molecule has 9 heteroatoms. The Labute approximate surface area is 197 Å². The number of nitrogens with one attached hydrogen (secondary N) is 2. The van der Waals surface area contributed by atoms with E-state index in [9.17, 15) is 18.3 Å². The van der Waals surface area contributed by atoms with Gasteiger partial charge in [-0.15, -0.1) is 0 Å². The fraction of sp³-hybridized carbons (Fsp3) is 0.250. The zero-order chi connectivity index (χ0) is 23.6. The monoisotopic (exact) mass is 485 g/mol. The summed E-state index contributed by atoms with van der Waals surface area (Å²) < 4.78 is 27.4. The van der Waals surface area contributed by atoms with Gasteiger partial charge in [0.25, 0.3) is 5.91 Å². The SMILES string of the molecule is CCCNS(=O)(=O)c1ccc2c(c1)CC(NC(=O)c1ncc(-c3cccc(Cl)c3)cc1O)C2. The zero-order valence-electron chi connectivity index (χ0n) is 18.0. The molecule has 1 atom stereocenters. The van der Waals surface area contributed by atoms with Crippen LogP contribution in [-0.4, -0.2) is 37.0 Å². The number of benzene rings is 2. The summed E-state index contributed by atoms with van der Waals surface area (Å²) in [6.07, 6.45) is 3.30. The molecular formula is C24H24ClN3O4S. The molecule has 0 saturated carbocycles. The summed E-state index contributed by atoms with van der Waals surface area (Å²) in [6, 6.07) is 13.4. The van der Waals surface area contributed by atoms with Crippen LogP contribution in [0, 0.1) is 0 Å². The Hall–Kier alpha value is -2.94. The molecule has 1 aromatic heterocycles. The van der Waals surface area contributed by atoms with E-state index in [4.69, 9.17) is 11.6 Å². The topological polar surface area (TPSA) is 108 Å². The lowest BCUT2D eigenvalue weighted by molar-refractivity contribution is 0.0930. The van der Waals surface area contributed by atoms with Gasteiger partial charge in [-0.2, -0.15) is 0 Å². The first-order valence-corrected chi connectivity index (χ1v) is 12.5. The fourth-order valence-electron chi connectivity index (χ4n) is 3.89. The average Bonchev–Trinajstić information content (AvgIpc) is 3.19. The van der Waals surface area contributed by atoms with Crippen LogP contribution < -0.4 is 10.0 Å². The molecule has 0 bridgehead atoms. The number of hydrogen-bond donors (Lipinski definition) is 3. The van der Waals surface area contributed by atoms with Crippen LogP contribution in [0.2, 0.25) is 5.02 Å². The molecule has 1 unspecified atom stereocenters. The van der Waals surface area contributed by atoms with E-state index >= 15 is 0 Å². The number of pyridine rings is 1. The fourth-order valence-corrected chi connectivity index (χ4v) is 5.27. The first-order chi connectivity index (χ1) is 15.8. The van der Waals surface area contributed by atoms with Crippen molar-refractivity contribution in [2.24, 2.45) is 0 Å². The van der Waals surface area contributed by atoms with Gasteiger partial charge in [0.1, 0.15) is 5.75 Å². The van der Waals surface area contributed by atoms with Crippen LogP contribution in [0.15, 0.2) is 59.6 Å². The maximum Gasteiger partial charge on any atom is 0.273 e. The first-order valence-electron chi connectivity index (χ1n) is 10.6. The predicted octanol–water partition coefficient (Wildman–Crippen LogP) is 3.69. The van der Waals surface area contributed by atoms with Crippen molar-refractivity contribution in [3.05, 3.63) is 76.6 Å². The van der Waals surface area contributed by atoms with E-state index in [1.165, 1.54) is 12.3 Å². The number of fused-ring (bicyclic) bond motifs is 1. The number of rotatable bonds is 7. The molecule has 4 rings (SSSR count). The summed E-state index contributed by atoms with van der Waals surface area (Å²) in [6.45, 7) is 2.28. The molecule has 0 fully saturated rings. The van der Waals surface area contributed by atoms with Gasteiger partial charge in [-0.1, -0.05) is 36.7 Å². The van der Waals surface area contributed by atoms with Gasteiger partial charge in [0, 0.05) is 29.4 Å². The lowest BCUT2D eigenvalue weighted by Crippen LogP contribution is -2.35. The van der Waals surface area contributed by atoms with Gasteiger partial charge in [-0.05, 0) is 66.3 Å². The quantitative estimate of drug-likeness (QED) is 0.473. The minimum Gasteiger partial charge on any atom is -0.505 e. The van der Waals surface area contributed by atoms with Gasteiger partial charge in [0.2, 0.25) is 10.0 Å². The molecule has 3 N–H and O–H groups in total. The van der Waals surface area contributed by atoms with Gasteiger partial charge in [-0.3, -0.25) is 4.79 Å². The van der Waals surface area contributed by atoms with Crippen LogP contribution in [-0.2, 0) is 22.9 Å². The highest BCUT2D eigenvalue weighted by Crippen LogP contribution is 2.28. The van der Waals surface area contributed by atoms with Crippen molar-refractivity contribution in [3.8, 4) is 16.9 Å². The van der Waals surface area contributed by atoms with Crippen molar-refractivity contribution in [1.82, 2.24) is 15.0 Å². The highest BCUT2D eigenvalue weighted by atomic mass is 35.5. The molecule has 0 saturated heterocycles. The Morgan fingerprint density at radius 1 is 1.12 bits per heavy atom. The predicted molar refractivity (Wildman–Crippen MR) is 127 cm³/mol. The molecule has 0 radical (unpaired) electrons. The van der Waals surface area contributed by atoms with Crippen molar-refractivity contribution in [1.29, 1.82) is 0 Å². The first kappa shape index (κ1) is 23.2. The largest absolute Gasteiger partial charge is 0.505 e. The molecular weight excluding hydrogens is 462 g/mol. The van der Waals surface area contributed by atoms with Gasteiger partial charge in [-0.25, -0.2) is 18.1 Å². The second-order valence-electron chi connectivity index (χ2n) is 8.01. The van der Waals surface area contributed by atoms with Crippen LogP contribution >= 0.6 is 11.6 Å². The number of hydrogen-bond acceptors (Lipinski definition) is 5. The third-order valence-corrected chi connectivity index (χ3v) is 7.23. The van der Waals surface area contributed by atoms with Crippen LogP contribution in [0.25, 0.3) is 11.1 Å². The molecule has 172 valence electrons. The molecule has 0 spiro atoms. The number of carbonyl (C=O) groups is 1. The Morgan fingerprint density at radius 3 is 2.64 bits per heavy atom. The lowest BCUT2D eigenvalue weighted by Gasteiger charge is -2.13. The number of sulfonamides is 1. The summed E-state index contributed by atoms with van der Waals surface area (Å²) in [5, 5.41) is 13.9. The van der Waals surface area contributed by atoms with Gasteiger partial charge in [0.15, 0.2) is 5.69 Å². The molecule has 1 aliphatic rings. The molecule has 1 aliphatic carbocycles. The normalized spacial score (nSPS) is 15.3. The molecule has 7 nitrogen and oxygen atoms in total. The Bertz CT molecular complexity index is 1310. The molecule has 3 aromatic rings. The Morgan fingerprint density at radius 2 is 1.91 bits per heavy atom. The maximum atomic E-state index is 12.8. The maximum absolute atomic E-state index is 12.8. The van der Waals surface area contributed by atoms with Crippen LogP contribution in [0.1, 0.15) is 35.0 Å². The molecule has 1 heterocycles. The van der Waals surface area contributed by atoms with Crippen molar-refractivity contribution in [2.45, 2.75) is 37.1 Å². The number of halogens is 1. The summed E-state index contributed by atoms with van der Waals surface area (Å²) in [5.74, 6) is -0.712.